The van der Waals surface area contributed by atoms with Crippen LogP contribution in [-0.2, 0) is 13.0 Å². The van der Waals surface area contributed by atoms with E-state index in [2.05, 4.69) is 67.1 Å². The van der Waals surface area contributed by atoms with Gasteiger partial charge in [0.25, 0.3) is 5.91 Å². The topological polar surface area (TPSA) is 56.2 Å². The minimum atomic E-state index is -0.0252. The molecule has 0 saturated carbocycles. The number of nitrogens with one attached hydrogen (secondary N) is 1. The van der Waals surface area contributed by atoms with E-state index in [1.807, 2.05) is 37.3 Å². The fourth-order valence-electron chi connectivity index (χ4n) is 4.62. The molecular weight excluding hydrogens is 458 g/mol. The van der Waals surface area contributed by atoms with Crippen LogP contribution in [0.3, 0.4) is 0 Å². The molecule has 5 heteroatoms. The molecule has 0 atom stereocenters. The van der Waals surface area contributed by atoms with Crippen molar-refractivity contribution in [3.05, 3.63) is 94.8 Å². The van der Waals surface area contributed by atoms with Gasteiger partial charge in [-0.2, -0.15) is 0 Å². The molecule has 4 aromatic rings. The number of carbonyl (C=O) groups is 1. The molecule has 0 spiro atoms. The van der Waals surface area contributed by atoms with E-state index in [9.17, 15) is 4.79 Å². The normalized spacial score (nSPS) is 11.3. The van der Waals surface area contributed by atoms with Crippen molar-refractivity contribution in [2.24, 2.45) is 0 Å². The maximum Gasteiger partial charge on any atom is 0.251 e. The van der Waals surface area contributed by atoms with Gasteiger partial charge in [0.1, 0.15) is 11.6 Å². The molecule has 37 heavy (non-hydrogen) atoms. The van der Waals surface area contributed by atoms with Gasteiger partial charge in [0.05, 0.1) is 17.6 Å². The van der Waals surface area contributed by atoms with Crippen molar-refractivity contribution in [2.45, 2.75) is 65.8 Å². The average molecular weight is 498 g/mol. The van der Waals surface area contributed by atoms with E-state index in [-0.39, 0.29) is 5.91 Å². The molecule has 0 aliphatic rings. The third-order valence-corrected chi connectivity index (χ3v) is 6.73. The van der Waals surface area contributed by atoms with Crippen molar-refractivity contribution >= 4 is 16.9 Å². The van der Waals surface area contributed by atoms with Crippen LogP contribution in [0.15, 0.2) is 66.7 Å². The molecule has 0 aliphatic carbocycles. The first-order valence-corrected chi connectivity index (χ1v) is 13.4. The standard InChI is InChI=1S/C32H39N3O2/c1-23(2)27-18-15-25(4)22-30(27)37-21-8-7-20-35-29-11-6-5-10-28(29)34-31(35)12-9-19-33-32(36)26-16-13-24(3)14-17-26/h5-6,10-11,13-18,22-23H,7-9,12,19-21H2,1-4H3,(H,33,36). The van der Waals surface area contributed by atoms with Gasteiger partial charge in [-0.05, 0) is 80.5 Å². The number of unbranched alkanes of at least 4 members (excludes halogenated alkanes) is 1. The number of para-hydroxylation sites is 2. The monoisotopic (exact) mass is 497 g/mol. The summed E-state index contributed by atoms with van der Waals surface area (Å²) in [5.74, 6) is 2.50. The number of benzene rings is 3. The van der Waals surface area contributed by atoms with E-state index in [1.165, 1.54) is 16.6 Å². The summed E-state index contributed by atoms with van der Waals surface area (Å²) in [7, 11) is 0. The molecule has 0 bridgehead atoms. The molecule has 1 aromatic heterocycles. The van der Waals surface area contributed by atoms with E-state index < -0.39 is 0 Å². The van der Waals surface area contributed by atoms with Gasteiger partial charge in [0.2, 0.25) is 0 Å². The largest absolute Gasteiger partial charge is 0.493 e. The van der Waals surface area contributed by atoms with Gasteiger partial charge >= 0.3 is 0 Å². The maximum absolute atomic E-state index is 12.4. The van der Waals surface area contributed by atoms with Gasteiger partial charge in [-0.3, -0.25) is 4.79 Å². The second-order valence-electron chi connectivity index (χ2n) is 10.1. The van der Waals surface area contributed by atoms with Crippen molar-refractivity contribution in [3.8, 4) is 5.75 Å². The molecule has 0 fully saturated rings. The number of fused-ring (bicyclic) bond motifs is 1. The third kappa shape index (κ3) is 7.00. The van der Waals surface area contributed by atoms with Crippen molar-refractivity contribution < 1.29 is 9.53 Å². The molecule has 0 unspecified atom stereocenters. The Morgan fingerprint density at radius 1 is 0.946 bits per heavy atom. The molecule has 0 saturated heterocycles. The summed E-state index contributed by atoms with van der Waals surface area (Å²) in [4.78, 5) is 17.3. The SMILES string of the molecule is Cc1ccc(C(=O)NCCCc2nc3ccccc3n2CCCCOc2cc(C)ccc2C(C)C)cc1. The van der Waals surface area contributed by atoms with Crippen LogP contribution in [0.2, 0.25) is 0 Å². The third-order valence-electron chi connectivity index (χ3n) is 6.73. The Labute approximate surface area is 220 Å². The number of rotatable bonds is 12. The Balaban J connectivity index is 1.30. The molecule has 1 heterocycles. The van der Waals surface area contributed by atoms with Crippen molar-refractivity contribution in [3.63, 3.8) is 0 Å². The van der Waals surface area contributed by atoms with Gasteiger partial charge in [-0.1, -0.05) is 55.8 Å². The molecular formula is C32H39N3O2. The summed E-state index contributed by atoms with van der Waals surface area (Å²) in [6.45, 7) is 10.8. The quantitative estimate of drug-likeness (QED) is 0.214. The Morgan fingerprint density at radius 3 is 2.49 bits per heavy atom. The Morgan fingerprint density at radius 2 is 1.70 bits per heavy atom. The summed E-state index contributed by atoms with van der Waals surface area (Å²) < 4.78 is 8.53. The Kier molecular flexibility index (Phi) is 8.99. The highest BCUT2D eigenvalue weighted by atomic mass is 16.5. The highest BCUT2D eigenvalue weighted by Gasteiger charge is 2.12. The second-order valence-corrected chi connectivity index (χ2v) is 10.1. The number of nitrogens with zero attached hydrogens (tertiary/aromatic N) is 2. The first kappa shape index (κ1) is 26.5. The molecule has 3 aromatic carbocycles. The summed E-state index contributed by atoms with van der Waals surface area (Å²) in [6, 6.07) is 22.5. The number of ether oxygens (including phenoxy) is 1. The summed E-state index contributed by atoms with van der Waals surface area (Å²) >= 11 is 0. The maximum atomic E-state index is 12.4. The van der Waals surface area contributed by atoms with Gasteiger partial charge in [0.15, 0.2) is 0 Å². The van der Waals surface area contributed by atoms with Crippen LogP contribution >= 0.6 is 0 Å². The zero-order chi connectivity index (χ0) is 26.2. The van der Waals surface area contributed by atoms with E-state index in [4.69, 9.17) is 9.72 Å². The van der Waals surface area contributed by atoms with Gasteiger partial charge in [-0.15, -0.1) is 0 Å². The van der Waals surface area contributed by atoms with Crippen LogP contribution in [0.25, 0.3) is 11.0 Å². The van der Waals surface area contributed by atoms with Crippen LogP contribution in [0.4, 0.5) is 0 Å². The second kappa shape index (κ2) is 12.6. The van der Waals surface area contributed by atoms with E-state index >= 15 is 0 Å². The number of aromatic nitrogens is 2. The van der Waals surface area contributed by atoms with Crippen LogP contribution in [-0.4, -0.2) is 28.6 Å². The Hall–Kier alpha value is -3.60. The van der Waals surface area contributed by atoms with Crippen LogP contribution in [0.5, 0.6) is 5.75 Å². The van der Waals surface area contributed by atoms with Crippen LogP contribution in [0, 0.1) is 13.8 Å². The lowest BCUT2D eigenvalue weighted by molar-refractivity contribution is 0.0953. The van der Waals surface area contributed by atoms with Crippen molar-refractivity contribution in [2.75, 3.05) is 13.2 Å². The van der Waals surface area contributed by atoms with E-state index in [0.717, 1.165) is 54.9 Å². The fraction of sp³-hybridized carbons (Fsp3) is 0.375. The molecule has 5 nitrogen and oxygen atoms in total. The number of aryl methyl sites for hydroxylation is 4. The lowest BCUT2D eigenvalue weighted by atomic mass is 10.0. The fourth-order valence-corrected chi connectivity index (χ4v) is 4.62. The van der Waals surface area contributed by atoms with E-state index in [0.29, 0.717) is 24.6 Å². The smallest absolute Gasteiger partial charge is 0.251 e. The average Bonchev–Trinajstić information content (AvgIpc) is 3.24. The number of hydrogen-bond acceptors (Lipinski definition) is 3. The first-order chi connectivity index (χ1) is 17.9. The first-order valence-electron chi connectivity index (χ1n) is 13.4. The summed E-state index contributed by atoms with van der Waals surface area (Å²) in [5.41, 5.74) is 6.54. The minimum absolute atomic E-state index is 0.0252. The van der Waals surface area contributed by atoms with Crippen LogP contribution in [0.1, 0.15) is 71.9 Å². The zero-order valence-electron chi connectivity index (χ0n) is 22.6. The number of imidazole rings is 1. The van der Waals surface area contributed by atoms with Crippen molar-refractivity contribution in [1.29, 1.82) is 0 Å². The van der Waals surface area contributed by atoms with Gasteiger partial charge < -0.3 is 14.6 Å². The molecule has 0 aliphatic heterocycles. The summed E-state index contributed by atoms with van der Waals surface area (Å²) in [6.07, 6.45) is 3.65. The lowest BCUT2D eigenvalue weighted by Gasteiger charge is -2.15. The van der Waals surface area contributed by atoms with E-state index in [1.54, 1.807) is 0 Å². The molecule has 0 radical (unpaired) electrons. The molecule has 1 N–H and O–H groups in total. The highest BCUT2D eigenvalue weighted by Crippen LogP contribution is 2.27. The van der Waals surface area contributed by atoms with Gasteiger partial charge in [-0.25, -0.2) is 4.98 Å². The number of hydrogen-bond donors (Lipinski definition) is 1. The molecule has 194 valence electrons. The number of amides is 1. The highest BCUT2D eigenvalue weighted by molar-refractivity contribution is 5.94. The summed E-state index contributed by atoms with van der Waals surface area (Å²) in [5, 5.41) is 3.04. The molecule has 1 amide bonds. The zero-order valence-corrected chi connectivity index (χ0v) is 22.6. The number of carbonyl (C=O) groups excluding carboxylic acids is 1. The minimum Gasteiger partial charge on any atom is -0.493 e. The lowest BCUT2D eigenvalue weighted by Crippen LogP contribution is -2.25. The van der Waals surface area contributed by atoms with Crippen molar-refractivity contribution in [1.82, 2.24) is 14.9 Å². The molecule has 4 rings (SSSR count). The predicted octanol–water partition coefficient (Wildman–Crippen LogP) is 7.00. The Bertz CT molecular complexity index is 1320. The predicted molar refractivity (Wildman–Crippen MR) is 152 cm³/mol. The van der Waals surface area contributed by atoms with Crippen LogP contribution < -0.4 is 10.1 Å². The van der Waals surface area contributed by atoms with Gasteiger partial charge in [0, 0.05) is 25.1 Å².